The smallest absolute Gasteiger partial charge is 0.265 e. The first kappa shape index (κ1) is 12.1. The Kier molecular flexibility index (Phi) is 3.11. The Balaban J connectivity index is 1.66. The molecule has 5 heteroatoms. The molecular formula is C13H19N3OS. The molecule has 18 heavy (non-hydrogen) atoms. The fraction of sp³-hybridized carbons (Fsp3) is 0.692. The van der Waals surface area contributed by atoms with Gasteiger partial charge in [-0.1, -0.05) is 0 Å². The molecule has 0 unspecified atom stereocenters. The maximum atomic E-state index is 12.4. The summed E-state index contributed by atoms with van der Waals surface area (Å²) < 4.78 is 0. The van der Waals surface area contributed by atoms with Crippen molar-refractivity contribution in [3.05, 3.63) is 16.1 Å². The number of carbonyl (C=O) groups is 1. The Morgan fingerprint density at radius 1 is 1.44 bits per heavy atom. The highest BCUT2D eigenvalue weighted by Crippen LogP contribution is 2.37. The van der Waals surface area contributed by atoms with Crippen LogP contribution < -0.4 is 5.32 Å². The van der Waals surface area contributed by atoms with E-state index in [0.717, 1.165) is 49.6 Å². The molecule has 0 aliphatic carbocycles. The van der Waals surface area contributed by atoms with E-state index < -0.39 is 0 Å². The molecule has 0 atom stereocenters. The lowest BCUT2D eigenvalue weighted by molar-refractivity contribution is 0.0611. The van der Waals surface area contributed by atoms with Crippen LogP contribution in [0.4, 0.5) is 0 Å². The molecule has 2 fully saturated rings. The largest absolute Gasteiger partial charge is 0.338 e. The number of aromatic nitrogens is 1. The second kappa shape index (κ2) is 4.63. The van der Waals surface area contributed by atoms with Gasteiger partial charge in [-0.05, 0) is 38.1 Å². The van der Waals surface area contributed by atoms with Gasteiger partial charge in [0.2, 0.25) is 0 Å². The molecule has 3 heterocycles. The van der Waals surface area contributed by atoms with Crippen molar-refractivity contribution in [2.75, 3.05) is 26.2 Å². The highest BCUT2D eigenvalue weighted by Gasteiger charge is 2.38. The number of likely N-dealkylation sites (tertiary alicyclic amines) is 1. The topological polar surface area (TPSA) is 45.2 Å². The Hall–Kier alpha value is -0.940. The van der Waals surface area contributed by atoms with E-state index in [2.05, 4.69) is 10.3 Å². The highest BCUT2D eigenvalue weighted by atomic mass is 32.1. The van der Waals surface area contributed by atoms with Crippen molar-refractivity contribution in [2.45, 2.75) is 26.2 Å². The molecule has 4 nitrogen and oxygen atoms in total. The van der Waals surface area contributed by atoms with Gasteiger partial charge >= 0.3 is 0 Å². The van der Waals surface area contributed by atoms with Crippen LogP contribution in [0, 0.1) is 12.3 Å². The number of aryl methyl sites for hydroxylation is 1. The summed E-state index contributed by atoms with van der Waals surface area (Å²) in [5, 5.41) is 3.45. The fourth-order valence-corrected chi connectivity index (χ4v) is 3.83. The summed E-state index contributed by atoms with van der Waals surface area (Å²) in [6.45, 7) is 5.99. The zero-order valence-corrected chi connectivity index (χ0v) is 11.6. The van der Waals surface area contributed by atoms with E-state index in [1.165, 1.54) is 17.8 Å². The lowest BCUT2D eigenvalue weighted by Gasteiger charge is -2.38. The Morgan fingerprint density at radius 3 is 2.78 bits per heavy atom. The molecule has 1 aromatic heterocycles. The van der Waals surface area contributed by atoms with E-state index in [1.54, 1.807) is 5.51 Å². The highest BCUT2D eigenvalue weighted by molar-refractivity contribution is 7.11. The van der Waals surface area contributed by atoms with E-state index in [4.69, 9.17) is 0 Å². The van der Waals surface area contributed by atoms with Crippen LogP contribution in [0.5, 0.6) is 0 Å². The molecule has 1 aromatic rings. The number of thiazole rings is 1. The second-order valence-electron chi connectivity index (χ2n) is 5.49. The maximum Gasteiger partial charge on any atom is 0.265 e. The van der Waals surface area contributed by atoms with Gasteiger partial charge in [0.1, 0.15) is 4.88 Å². The molecule has 2 saturated heterocycles. The van der Waals surface area contributed by atoms with Gasteiger partial charge in [-0.3, -0.25) is 4.79 Å². The average molecular weight is 265 g/mol. The van der Waals surface area contributed by atoms with Crippen LogP contribution in [0.1, 0.15) is 34.6 Å². The van der Waals surface area contributed by atoms with Gasteiger partial charge < -0.3 is 10.2 Å². The van der Waals surface area contributed by atoms with Gasteiger partial charge in [-0.2, -0.15) is 0 Å². The number of nitrogens with zero attached hydrogens (tertiary/aromatic N) is 2. The third-order valence-corrected chi connectivity index (χ3v) is 5.30. The van der Waals surface area contributed by atoms with Crippen LogP contribution in [0.2, 0.25) is 0 Å². The summed E-state index contributed by atoms with van der Waals surface area (Å²) in [7, 11) is 0. The predicted molar refractivity (Wildman–Crippen MR) is 71.9 cm³/mol. The van der Waals surface area contributed by atoms with Crippen molar-refractivity contribution < 1.29 is 4.79 Å². The van der Waals surface area contributed by atoms with Crippen molar-refractivity contribution in [3.8, 4) is 0 Å². The Morgan fingerprint density at radius 2 is 2.22 bits per heavy atom. The van der Waals surface area contributed by atoms with Gasteiger partial charge in [-0.25, -0.2) is 4.98 Å². The Bertz CT molecular complexity index is 441. The monoisotopic (exact) mass is 265 g/mol. The number of hydrogen-bond acceptors (Lipinski definition) is 4. The van der Waals surface area contributed by atoms with Crippen molar-refractivity contribution in [1.29, 1.82) is 0 Å². The molecule has 98 valence electrons. The molecule has 2 aliphatic rings. The third kappa shape index (κ3) is 2.06. The Labute approximate surface area is 111 Å². The van der Waals surface area contributed by atoms with Gasteiger partial charge in [-0.15, -0.1) is 11.3 Å². The summed E-state index contributed by atoms with van der Waals surface area (Å²) in [6.07, 6.45) is 3.56. The molecular weight excluding hydrogens is 246 g/mol. The maximum absolute atomic E-state index is 12.4. The normalized spacial score (nSPS) is 22.6. The molecule has 0 aromatic carbocycles. The fourth-order valence-electron chi connectivity index (χ4n) is 3.06. The van der Waals surface area contributed by atoms with Crippen LogP contribution in [0.25, 0.3) is 0 Å². The minimum Gasteiger partial charge on any atom is -0.338 e. The number of piperidine rings is 1. The molecule has 1 spiro atoms. The average Bonchev–Trinajstić information content (AvgIpc) is 2.99. The molecule has 3 rings (SSSR count). The number of carbonyl (C=O) groups excluding carboxylic acids is 1. The van der Waals surface area contributed by atoms with Crippen molar-refractivity contribution in [3.63, 3.8) is 0 Å². The van der Waals surface area contributed by atoms with E-state index in [1.807, 2.05) is 11.8 Å². The quantitative estimate of drug-likeness (QED) is 0.840. The standard InChI is InChI=1S/C13H19N3OS/c1-10-11(18-9-15-10)12(17)16-6-3-13(4-7-16)2-5-14-8-13/h9,14H,2-8H2,1H3. The van der Waals surface area contributed by atoms with Crippen LogP contribution in [-0.4, -0.2) is 42.0 Å². The molecule has 0 bridgehead atoms. The van der Waals surface area contributed by atoms with Crippen LogP contribution in [-0.2, 0) is 0 Å². The van der Waals surface area contributed by atoms with E-state index >= 15 is 0 Å². The van der Waals surface area contributed by atoms with Crippen LogP contribution >= 0.6 is 11.3 Å². The van der Waals surface area contributed by atoms with E-state index in [0.29, 0.717) is 5.41 Å². The minimum absolute atomic E-state index is 0.177. The van der Waals surface area contributed by atoms with Crippen molar-refractivity contribution >= 4 is 17.2 Å². The van der Waals surface area contributed by atoms with Gasteiger partial charge in [0.25, 0.3) is 5.91 Å². The third-order valence-electron chi connectivity index (χ3n) is 4.38. The first-order valence-electron chi connectivity index (χ1n) is 6.60. The van der Waals surface area contributed by atoms with Gasteiger partial charge in [0, 0.05) is 19.6 Å². The van der Waals surface area contributed by atoms with Crippen LogP contribution in [0.15, 0.2) is 5.51 Å². The number of nitrogens with one attached hydrogen (secondary N) is 1. The zero-order chi connectivity index (χ0) is 12.6. The summed E-state index contributed by atoms with van der Waals surface area (Å²) in [6, 6.07) is 0. The summed E-state index contributed by atoms with van der Waals surface area (Å²) in [5.41, 5.74) is 3.10. The summed E-state index contributed by atoms with van der Waals surface area (Å²) >= 11 is 1.46. The molecule has 0 radical (unpaired) electrons. The van der Waals surface area contributed by atoms with Gasteiger partial charge in [0.15, 0.2) is 0 Å². The molecule has 1 amide bonds. The predicted octanol–water partition coefficient (Wildman–Crippen LogP) is 1.67. The number of rotatable bonds is 1. The van der Waals surface area contributed by atoms with Crippen molar-refractivity contribution in [1.82, 2.24) is 15.2 Å². The number of amides is 1. The van der Waals surface area contributed by atoms with E-state index in [-0.39, 0.29) is 5.91 Å². The zero-order valence-electron chi connectivity index (χ0n) is 10.7. The van der Waals surface area contributed by atoms with Gasteiger partial charge in [0.05, 0.1) is 11.2 Å². The minimum atomic E-state index is 0.177. The summed E-state index contributed by atoms with van der Waals surface area (Å²) in [5.74, 6) is 0.177. The van der Waals surface area contributed by atoms with Crippen molar-refractivity contribution in [2.24, 2.45) is 5.41 Å². The SMILES string of the molecule is Cc1ncsc1C(=O)N1CCC2(CCNC2)CC1. The van der Waals surface area contributed by atoms with Crippen LogP contribution in [0.3, 0.4) is 0 Å². The molecule has 1 N–H and O–H groups in total. The summed E-state index contributed by atoms with van der Waals surface area (Å²) in [4.78, 5) is 19.3. The second-order valence-corrected chi connectivity index (χ2v) is 6.34. The lowest BCUT2D eigenvalue weighted by atomic mass is 9.78. The number of hydrogen-bond donors (Lipinski definition) is 1. The molecule has 2 aliphatic heterocycles. The lowest BCUT2D eigenvalue weighted by Crippen LogP contribution is -2.44. The molecule has 0 saturated carbocycles. The first-order valence-corrected chi connectivity index (χ1v) is 7.48. The first-order chi connectivity index (χ1) is 8.70. The van der Waals surface area contributed by atoms with E-state index in [9.17, 15) is 4.79 Å².